The molecule has 4 rings (SSSR count). The van der Waals surface area contributed by atoms with Gasteiger partial charge in [-0.05, 0) is 36.5 Å². The van der Waals surface area contributed by atoms with Crippen LogP contribution in [0.1, 0.15) is 36.9 Å². The third-order valence-corrected chi connectivity index (χ3v) is 6.54. The van der Waals surface area contributed by atoms with Crippen molar-refractivity contribution in [1.29, 1.82) is 0 Å². The van der Waals surface area contributed by atoms with Gasteiger partial charge in [-0.3, -0.25) is 19.5 Å². The van der Waals surface area contributed by atoms with Gasteiger partial charge in [0.25, 0.3) is 0 Å². The topological polar surface area (TPSA) is 65.5 Å². The highest BCUT2D eigenvalue weighted by atomic mass is 16.2. The Morgan fingerprint density at radius 1 is 0.968 bits per heavy atom. The Labute approximate surface area is 184 Å². The van der Waals surface area contributed by atoms with Crippen LogP contribution in [-0.2, 0) is 22.6 Å². The number of amides is 2. The molecule has 0 unspecified atom stereocenters. The van der Waals surface area contributed by atoms with Crippen molar-refractivity contribution in [1.82, 2.24) is 20.1 Å². The molecule has 1 aliphatic heterocycles. The zero-order valence-corrected chi connectivity index (χ0v) is 18.1. The quantitative estimate of drug-likeness (QED) is 0.748. The van der Waals surface area contributed by atoms with Gasteiger partial charge in [0.15, 0.2) is 0 Å². The minimum Gasteiger partial charge on any atom is -0.349 e. The first-order chi connectivity index (χ1) is 15.2. The first-order valence-corrected chi connectivity index (χ1v) is 11.4. The lowest BCUT2D eigenvalue weighted by Crippen LogP contribution is -2.58. The molecule has 2 heterocycles. The Bertz CT molecular complexity index is 844. The summed E-state index contributed by atoms with van der Waals surface area (Å²) in [5, 5.41) is 3.12. The van der Waals surface area contributed by atoms with Crippen molar-refractivity contribution in [2.45, 2.75) is 44.7 Å². The predicted octanol–water partition coefficient (Wildman–Crippen LogP) is 2.64. The number of pyridine rings is 1. The molecule has 1 aromatic carbocycles. The van der Waals surface area contributed by atoms with Crippen LogP contribution in [0, 0.1) is 5.92 Å². The standard InChI is InChI=1S/C25H32N4O2/c30-23(18-20-8-2-1-3-9-20)28-14-16-29(17-15-28)24(21-10-4-5-11-21)25(31)27-19-22-12-6-7-13-26-22/h1-3,6-9,12-13,21,24H,4-5,10-11,14-19H2,(H,27,31)/t24-/m1/s1. The summed E-state index contributed by atoms with van der Waals surface area (Å²) in [6.45, 7) is 3.32. The maximum Gasteiger partial charge on any atom is 0.237 e. The fourth-order valence-corrected chi connectivity index (χ4v) is 4.87. The van der Waals surface area contributed by atoms with Crippen molar-refractivity contribution in [2.24, 2.45) is 5.92 Å². The smallest absolute Gasteiger partial charge is 0.237 e. The summed E-state index contributed by atoms with van der Waals surface area (Å²) in [7, 11) is 0. The average Bonchev–Trinajstić information content (AvgIpc) is 3.34. The van der Waals surface area contributed by atoms with E-state index in [1.54, 1.807) is 6.20 Å². The van der Waals surface area contributed by atoms with Crippen molar-refractivity contribution in [3.05, 3.63) is 66.0 Å². The van der Waals surface area contributed by atoms with E-state index in [0.717, 1.165) is 37.2 Å². The number of carbonyl (C=O) groups is 2. The van der Waals surface area contributed by atoms with Crippen LogP contribution in [0.4, 0.5) is 0 Å². The van der Waals surface area contributed by atoms with E-state index in [0.29, 0.717) is 32.0 Å². The Morgan fingerprint density at radius 2 is 1.68 bits per heavy atom. The molecule has 2 fully saturated rings. The van der Waals surface area contributed by atoms with Crippen LogP contribution in [0.3, 0.4) is 0 Å². The van der Waals surface area contributed by atoms with Gasteiger partial charge in [0, 0.05) is 32.4 Å². The lowest BCUT2D eigenvalue weighted by atomic mass is 9.95. The molecule has 1 N–H and O–H groups in total. The Balaban J connectivity index is 1.34. The van der Waals surface area contributed by atoms with Gasteiger partial charge < -0.3 is 10.2 Å². The number of rotatable bonds is 7. The van der Waals surface area contributed by atoms with Crippen LogP contribution in [-0.4, -0.2) is 58.8 Å². The highest BCUT2D eigenvalue weighted by Crippen LogP contribution is 2.31. The first kappa shape index (κ1) is 21.5. The second kappa shape index (κ2) is 10.5. The Morgan fingerprint density at radius 3 is 2.35 bits per heavy atom. The summed E-state index contributed by atoms with van der Waals surface area (Å²) in [6, 6.07) is 15.5. The second-order valence-corrected chi connectivity index (χ2v) is 8.61. The van der Waals surface area contributed by atoms with Crippen LogP contribution >= 0.6 is 0 Å². The SMILES string of the molecule is O=C(NCc1ccccn1)[C@@H](C1CCCC1)N1CCN(C(=O)Cc2ccccc2)CC1. The van der Waals surface area contributed by atoms with E-state index in [9.17, 15) is 9.59 Å². The molecule has 6 heteroatoms. The lowest BCUT2D eigenvalue weighted by Gasteiger charge is -2.40. The normalized spacial score (nSPS) is 18.6. The molecule has 1 aromatic heterocycles. The monoisotopic (exact) mass is 420 g/mol. The molecule has 2 aliphatic rings. The zero-order valence-electron chi connectivity index (χ0n) is 18.1. The predicted molar refractivity (Wildman–Crippen MR) is 120 cm³/mol. The summed E-state index contributed by atoms with van der Waals surface area (Å²) < 4.78 is 0. The minimum absolute atomic E-state index is 0.0987. The summed E-state index contributed by atoms with van der Waals surface area (Å²) in [4.78, 5) is 34.5. The van der Waals surface area contributed by atoms with E-state index >= 15 is 0 Å². The second-order valence-electron chi connectivity index (χ2n) is 8.61. The molecule has 6 nitrogen and oxygen atoms in total. The minimum atomic E-state index is -0.113. The molecule has 2 aromatic rings. The van der Waals surface area contributed by atoms with Crippen molar-refractivity contribution in [2.75, 3.05) is 26.2 Å². The number of piperazine rings is 1. The lowest BCUT2D eigenvalue weighted by molar-refractivity contribution is -0.134. The van der Waals surface area contributed by atoms with Crippen molar-refractivity contribution in [3.8, 4) is 0 Å². The average molecular weight is 421 g/mol. The molecule has 31 heavy (non-hydrogen) atoms. The molecular formula is C25H32N4O2. The van der Waals surface area contributed by atoms with Gasteiger partial charge in [-0.1, -0.05) is 49.2 Å². The van der Waals surface area contributed by atoms with Crippen LogP contribution in [0.2, 0.25) is 0 Å². The number of hydrogen-bond donors (Lipinski definition) is 1. The maximum atomic E-state index is 13.2. The number of hydrogen-bond acceptors (Lipinski definition) is 4. The van der Waals surface area contributed by atoms with E-state index in [1.807, 2.05) is 53.4 Å². The van der Waals surface area contributed by atoms with Crippen molar-refractivity contribution in [3.63, 3.8) is 0 Å². The Kier molecular flexibility index (Phi) is 7.30. The van der Waals surface area contributed by atoms with E-state index in [-0.39, 0.29) is 17.9 Å². The molecule has 1 atom stereocenters. The third kappa shape index (κ3) is 5.70. The van der Waals surface area contributed by atoms with Crippen molar-refractivity contribution >= 4 is 11.8 Å². The summed E-state index contributed by atoms with van der Waals surface area (Å²) in [5.41, 5.74) is 1.92. The number of benzene rings is 1. The fourth-order valence-electron chi connectivity index (χ4n) is 4.87. The van der Waals surface area contributed by atoms with Crippen LogP contribution < -0.4 is 5.32 Å². The molecule has 0 spiro atoms. The highest BCUT2D eigenvalue weighted by molar-refractivity contribution is 5.82. The molecular weight excluding hydrogens is 388 g/mol. The van der Waals surface area contributed by atoms with E-state index in [4.69, 9.17) is 0 Å². The van der Waals surface area contributed by atoms with Gasteiger partial charge in [0.2, 0.25) is 11.8 Å². The summed E-state index contributed by atoms with van der Waals surface area (Å²) in [5.74, 6) is 0.666. The van der Waals surface area contributed by atoms with E-state index in [1.165, 1.54) is 12.8 Å². The number of nitrogens with one attached hydrogen (secondary N) is 1. The highest BCUT2D eigenvalue weighted by Gasteiger charge is 2.37. The van der Waals surface area contributed by atoms with Crippen molar-refractivity contribution < 1.29 is 9.59 Å². The molecule has 2 amide bonds. The number of aromatic nitrogens is 1. The van der Waals surface area contributed by atoms with Gasteiger partial charge in [0.05, 0.1) is 24.7 Å². The van der Waals surface area contributed by atoms with Gasteiger partial charge in [0.1, 0.15) is 0 Å². The summed E-state index contributed by atoms with van der Waals surface area (Å²) >= 11 is 0. The van der Waals surface area contributed by atoms with E-state index < -0.39 is 0 Å². The largest absolute Gasteiger partial charge is 0.349 e. The molecule has 164 valence electrons. The van der Waals surface area contributed by atoms with Gasteiger partial charge in [-0.2, -0.15) is 0 Å². The van der Waals surface area contributed by atoms with Gasteiger partial charge in [-0.25, -0.2) is 0 Å². The Hall–Kier alpha value is -2.73. The fraction of sp³-hybridized carbons (Fsp3) is 0.480. The summed E-state index contributed by atoms with van der Waals surface area (Å²) in [6.07, 6.45) is 6.80. The first-order valence-electron chi connectivity index (χ1n) is 11.4. The van der Waals surface area contributed by atoms with Crippen LogP contribution in [0.25, 0.3) is 0 Å². The van der Waals surface area contributed by atoms with Gasteiger partial charge in [-0.15, -0.1) is 0 Å². The zero-order chi connectivity index (χ0) is 21.5. The van der Waals surface area contributed by atoms with Gasteiger partial charge >= 0.3 is 0 Å². The molecule has 0 radical (unpaired) electrons. The molecule has 1 saturated heterocycles. The number of carbonyl (C=O) groups excluding carboxylic acids is 2. The van der Waals surface area contributed by atoms with E-state index in [2.05, 4.69) is 15.2 Å². The number of nitrogens with zero attached hydrogens (tertiary/aromatic N) is 3. The molecule has 1 aliphatic carbocycles. The molecule has 1 saturated carbocycles. The van der Waals surface area contributed by atoms with Crippen LogP contribution in [0.5, 0.6) is 0 Å². The van der Waals surface area contributed by atoms with Crippen LogP contribution in [0.15, 0.2) is 54.7 Å². The maximum absolute atomic E-state index is 13.2. The third-order valence-electron chi connectivity index (χ3n) is 6.54. The molecule has 0 bridgehead atoms.